The second-order valence-electron chi connectivity index (χ2n) is 10.3. The highest BCUT2D eigenvalue weighted by Crippen LogP contribution is 2.30. The number of rotatable bonds is 16. The average Bonchev–Trinajstić information content (AvgIpc) is 2.80. The van der Waals surface area contributed by atoms with Gasteiger partial charge in [-0.25, -0.2) is 4.79 Å². The topological polar surface area (TPSA) is 126 Å². The highest BCUT2D eigenvalue weighted by molar-refractivity contribution is 5.77. The van der Waals surface area contributed by atoms with Crippen LogP contribution in [0.15, 0.2) is 18.2 Å². The van der Waals surface area contributed by atoms with Gasteiger partial charge in [-0.15, -0.1) is 0 Å². The Morgan fingerprint density at radius 1 is 0.789 bits per heavy atom. The molecule has 0 radical (unpaired) electrons. The first-order valence-electron chi connectivity index (χ1n) is 13.1. The molecular formula is C28H43NO9. The van der Waals surface area contributed by atoms with Crippen LogP contribution in [0.2, 0.25) is 0 Å². The van der Waals surface area contributed by atoms with E-state index in [1.54, 1.807) is 12.1 Å². The Balaban J connectivity index is 2.89. The summed E-state index contributed by atoms with van der Waals surface area (Å²) in [6.07, 6.45) is 0.555. The van der Waals surface area contributed by atoms with E-state index in [1.807, 2.05) is 41.5 Å². The van der Waals surface area contributed by atoms with Gasteiger partial charge < -0.3 is 29.0 Å². The second kappa shape index (κ2) is 17.4. The summed E-state index contributed by atoms with van der Waals surface area (Å²) in [5, 5.41) is 3.00. The van der Waals surface area contributed by atoms with Crippen molar-refractivity contribution in [3.05, 3.63) is 23.8 Å². The fourth-order valence-electron chi connectivity index (χ4n) is 3.24. The number of nitrogens with one attached hydrogen (secondary N) is 1. The summed E-state index contributed by atoms with van der Waals surface area (Å²) in [6, 6.07) is 4.01. The van der Waals surface area contributed by atoms with Crippen LogP contribution >= 0.6 is 0 Å². The Morgan fingerprint density at radius 3 is 1.92 bits per heavy atom. The van der Waals surface area contributed by atoms with E-state index in [9.17, 15) is 19.2 Å². The molecule has 1 rings (SSSR count). The van der Waals surface area contributed by atoms with E-state index < -0.39 is 30.1 Å². The molecule has 1 aromatic carbocycles. The molecule has 0 aliphatic carbocycles. The first kappa shape index (κ1) is 32.9. The van der Waals surface area contributed by atoms with Gasteiger partial charge in [-0.05, 0) is 48.3 Å². The van der Waals surface area contributed by atoms with Gasteiger partial charge >= 0.3 is 24.1 Å². The van der Waals surface area contributed by atoms with Crippen LogP contribution in [0, 0.1) is 17.8 Å². The van der Waals surface area contributed by atoms with Crippen molar-refractivity contribution in [1.82, 2.24) is 5.32 Å². The van der Waals surface area contributed by atoms with E-state index in [1.165, 1.54) is 13.2 Å². The SMILES string of the molecule is COC(=O)[C@H](Cc1ccc(OC(=O)CC(C)C)c(OC(=O)CC(C)C)c1)NCCOC(=O)OCCC(C)C. The second-order valence-corrected chi connectivity index (χ2v) is 10.3. The summed E-state index contributed by atoms with van der Waals surface area (Å²) in [7, 11) is 1.27. The minimum Gasteiger partial charge on any atom is -0.468 e. The molecule has 0 saturated carbocycles. The molecule has 0 amide bonds. The lowest BCUT2D eigenvalue weighted by molar-refractivity contribution is -0.143. The standard InChI is InChI=1S/C28H43NO9/c1-18(2)10-12-35-28(33)36-13-11-29-22(27(32)34-7)16-21-8-9-23(37-25(30)14-19(3)4)24(17-21)38-26(31)15-20(5)6/h8-9,17-20,22,29H,10-16H2,1-7H3/t22-/m0/s1. The summed E-state index contributed by atoms with van der Waals surface area (Å²) < 4.78 is 25.9. The molecule has 1 atom stereocenters. The maximum absolute atomic E-state index is 12.4. The van der Waals surface area contributed by atoms with Crippen LogP contribution in [0.4, 0.5) is 4.79 Å². The van der Waals surface area contributed by atoms with Crippen LogP contribution in [0.1, 0.15) is 66.4 Å². The molecule has 0 bridgehead atoms. The minimum absolute atomic E-state index is 0.00316. The Hall–Kier alpha value is -3.14. The molecule has 0 saturated heterocycles. The first-order chi connectivity index (χ1) is 17.9. The van der Waals surface area contributed by atoms with Gasteiger partial charge in [0, 0.05) is 19.4 Å². The number of benzene rings is 1. The van der Waals surface area contributed by atoms with E-state index >= 15 is 0 Å². The van der Waals surface area contributed by atoms with Gasteiger partial charge in [0.2, 0.25) is 0 Å². The monoisotopic (exact) mass is 537 g/mol. The summed E-state index contributed by atoms with van der Waals surface area (Å²) >= 11 is 0. The van der Waals surface area contributed by atoms with Gasteiger partial charge in [0.05, 0.1) is 13.7 Å². The quantitative estimate of drug-likeness (QED) is 0.183. The van der Waals surface area contributed by atoms with Crippen LogP contribution in [0.25, 0.3) is 0 Å². The molecule has 1 N–H and O–H groups in total. The third kappa shape index (κ3) is 14.0. The number of carbonyl (C=O) groups excluding carboxylic acids is 4. The molecule has 214 valence electrons. The van der Waals surface area contributed by atoms with Gasteiger partial charge in [-0.2, -0.15) is 0 Å². The van der Waals surface area contributed by atoms with Gasteiger partial charge in [0.1, 0.15) is 12.6 Å². The maximum Gasteiger partial charge on any atom is 0.508 e. The lowest BCUT2D eigenvalue weighted by Crippen LogP contribution is -2.41. The van der Waals surface area contributed by atoms with Crippen molar-refractivity contribution in [2.24, 2.45) is 17.8 Å². The fourth-order valence-corrected chi connectivity index (χ4v) is 3.24. The smallest absolute Gasteiger partial charge is 0.468 e. The Kier molecular flexibility index (Phi) is 15.0. The predicted molar refractivity (Wildman–Crippen MR) is 141 cm³/mol. The van der Waals surface area contributed by atoms with Crippen molar-refractivity contribution < 1.29 is 42.9 Å². The third-order valence-electron chi connectivity index (χ3n) is 5.16. The van der Waals surface area contributed by atoms with E-state index in [0.29, 0.717) is 11.5 Å². The molecule has 0 heterocycles. The molecule has 0 aliphatic heterocycles. The number of ether oxygens (including phenoxy) is 5. The highest BCUT2D eigenvalue weighted by Gasteiger charge is 2.22. The Bertz CT molecular complexity index is 912. The van der Waals surface area contributed by atoms with E-state index in [0.717, 1.165) is 6.42 Å². The molecule has 0 unspecified atom stereocenters. The molecule has 0 aliphatic rings. The van der Waals surface area contributed by atoms with Gasteiger partial charge in [0.25, 0.3) is 0 Å². The zero-order valence-electron chi connectivity index (χ0n) is 23.7. The average molecular weight is 538 g/mol. The van der Waals surface area contributed by atoms with Crippen molar-refractivity contribution in [3.63, 3.8) is 0 Å². The van der Waals surface area contributed by atoms with Crippen LogP contribution in [-0.2, 0) is 35.0 Å². The number of hydrogen-bond acceptors (Lipinski definition) is 10. The molecule has 0 spiro atoms. The lowest BCUT2D eigenvalue weighted by atomic mass is 10.0. The summed E-state index contributed by atoms with van der Waals surface area (Å²) in [6.45, 7) is 12.1. The van der Waals surface area contributed by atoms with Crippen LogP contribution < -0.4 is 14.8 Å². The lowest BCUT2D eigenvalue weighted by Gasteiger charge is -2.18. The van der Waals surface area contributed by atoms with Crippen molar-refractivity contribution in [2.75, 3.05) is 26.9 Å². The minimum atomic E-state index is -0.769. The van der Waals surface area contributed by atoms with Gasteiger partial charge in [-0.3, -0.25) is 14.4 Å². The van der Waals surface area contributed by atoms with Crippen LogP contribution in [0.3, 0.4) is 0 Å². The zero-order chi connectivity index (χ0) is 28.7. The van der Waals surface area contributed by atoms with Crippen molar-refractivity contribution in [2.45, 2.75) is 73.3 Å². The summed E-state index contributed by atoms with van der Waals surface area (Å²) in [5.41, 5.74) is 0.637. The number of hydrogen-bond donors (Lipinski definition) is 1. The first-order valence-corrected chi connectivity index (χ1v) is 13.1. The Labute approximate surface area is 225 Å². The number of esters is 3. The van der Waals surface area contributed by atoms with Crippen molar-refractivity contribution in [1.29, 1.82) is 0 Å². The summed E-state index contributed by atoms with van der Waals surface area (Å²) in [4.78, 5) is 48.6. The van der Waals surface area contributed by atoms with Crippen LogP contribution in [-0.4, -0.2) is 57.0 Å². The molecule has 38 heavy (non-hydrogen) atoms. The van der Waals surface area contributed by atoms with Gasteiger partial charge in [-0.1, -0.05) is 47.6 Å². The van der Waals surface area contributed by atoms with Crippen LogP contribution in [0.5, 0.6) is 11.5 Å². The number of carbonyl (C=O) groups is 4. The molecule has 10 heteroatoms. The predicted octanol–water partition coefficient (Wildman–Crippen LogP) is 4.46. The van der Waals surface area contributed by atoms with Gasteiger partial charge in [0.15, 0.2) is 11.5 Å². The van der Waals surface area contributed by atoms with E-state index in [4.69, 9.17) is 23.7 Å². The summed E-state index contributed by atoms with van der Waals surface area (Å²) in [5.74, 6) is -0.596. The van der Waals surface area contributed by atoms with E-state index in [2.05, 4.69) is 5.32 Å². The van der Waals surface area contributed by atoms with Crippen molar-refractivity contribution >= 4 is 24.1 Å². The molecule has 0 aromatic heterocycles. The molecule has 0 fully saturated rings. The number of methoxy groups -OCH3 is 1. The van der Waals surface area contributed by atoms with Crippen molar-refractivity contribution in [3.8, 4) is 11.5 Å². The largest absolute Gasteiger partial charge is 0.508 e. The molecule has 1 aromatic rings. The highest BCUT2D eigenvalue weighted by atomic mass is 16.7. The molecule has 10 nitrogen and oxygen atoms in total. The zero-order valence-corrected chi connectivity index (χ0v) is 23.7. The Morgan fingerprint density at radius 2 is 1.37 bits per heavy atom. The van der Waals surface area contributed by atoms with E-state index in [-0.39, 0.29) is 62.4 Å². The third-order valence-corrected chi connectivity index (χ3v) is 5.16. The normalized spacial score (nSPS) is 11.8. The maximum atomic E-state index is 12.4. The fraction of sp³-hybridized carbons (Fsp3) is 0.643. The molecular weight excluding hydrogens is 494 g/mol.